The van der Waals surface area contributed by atoms with E-state index in [9.17, 15) is 14.7 Å². The number of aromatic nitrogens is 2. The molecule has 8 nitrogen and oxygen atoms in total. The minimum Gasteiger partial charge on any atom is -0.497 e. The highest BCUT2D eigenvalue weighted by molar-refractivity contribution is 5.52. The number of hydrogen-bond acceptors (Lipinski definition) is 6. The van der Waals surface area contributed by atoms with Crippen LogP contribution in [0.5, 0.6) is 11.5 Å². The van der Waals surface area contributed by atoms with Crippen molar-refractivity contribution in [2.75, 3.05) is 14.2 Å². The molecule has 1 aromatic heterocycles. The quantitative estimate of drug-likeness (QED) is 0.336. The van der Waals surface area contributed by atoms with Crippen LogP contribution < -0.4 is 20.7 Å². The highest BCUT2D eigenvalue weighted by Gasteiger charge is 2.45. The molecule has 39 heavy (non-hydrogen) atoms. The maximum atomic E-state index is 12.6. The van der Waals surface area contributed by atoms with Gasteiger partial charge in [0.15, 0.2) is 0 Å². The highest BCUT2D eigenvalue weighted by Crippen LogP contribution is 2.47. The van der Waals surface area contributed by atoms with Gasteiger partial charge in [-0.15, -0.1) is 0 Å². The van der Waals surface area contributed by atoms with Crippen LogP contribution >= 0.6 is 0 Å². The molecule has 0 spiro atoms. The number of H-pyrrole nitrogens is 1. The molecule has 0 amide bonds. The molecular formula is C31H32N2O6. The van der Waals surface area contributed by atoms with Crippen molar-refractivity contribution in [3.63, 3.8) is 0 Å². The van der Waals surface area contributed by atoms with E-state index in [2.05, 4.69) is 17.1 Å². The molecule has 2 N–H and O–H groups in total. The Balaban J connectivity index is 1.63. The summed E-state index contributed by atoms with van der Waals surface area (Å²) < 4.78 is 18.6. The van der Waals surface area contributed by atoms with E-state index >= 15 is 0 Å². The summed E-state index contributed by atoms with van der Waals surface area (Å²) in [7, 11) is 3.26. The second-order valence-electron chi connectivity index (χ2n) is 9.84. The zero-order chi connectivity index (χ0) is 27.6. The standard InChI is InChI=1S/C31H32N2O6/c1-20-19-33(30(36)32-29(20)35)28-17-26(34)27(39-28)18-31(21-7-5-4-6-8-21,22-9-13-24(37-2)14-10-22)23-11-15-25(38-3)16-12-23/h4-16,19,26-28,34H,17-18H2,1-3H3,(H,32,35,36)/t26?,27-,28-/m1/s1. The van der Waals surface area contributed by atoms with E-state index in [4.69, 9.17) is 14.2 Å². The summed E-state index contributed by atoms with van der Waals surface area (Å²) in [5.74, 6) is 1.47. The fourth-order valence-electron chi connectivity index (χ4n) is 5.50. The largest absolute Gasteiger partial charge is 0.497 e. The van der Waals surface area contributed by atoms with E-state index in [1.165, 1.54) is 10.8 Å². The van der Waals surface area contributed by atoms with Crippen molar-refractivity contribution < 1.29 is 19.3 Å². The number of aliphatic hydroxyl groups excluding tert-OH is 1. The molecular weight excluding hydrogens is 496 g/mol. The van der Waals surface area contributed by atoms with Gasteiger partial charge in [-0.3, -0.25) is 14.3 Å². The number of aryl methyl sites for hydroxylation is 1. The Labute approximate surface area is 226 Å². The smallest absolute Gasteiger partial charge is 0.330 e. The second kappa shape index (κ2) is 10.9. The van der Waals surface area contributed by atoms with Crippen molar-refractivity contribution in [2.24, 2.45) is 0 Å². The Bertz CT molecular complexity index is 1480. The van der Waals surface area contributed by atoms with Gasteiger partial charge in [-0.25, -0.2) is 4.79 Å². The molecule has 202 valence electrons. The first-order valence-electron chi connectivity index (χ1n) is 12.9. The summed E-state index contributed by atoms with van der Waals surface area (Å²) in [4.78, 5) is 26.8. The van der Waals surface area contributed by atoms with Crippen molar-refractivity contribution in [3.8, 4) is 11.5 Å². The number of benzene rings is 3. The second-order valence-corrected chi connectivity index (χ2v) is 9.84. The van der Waals surface area contributed by atoms with Crippen LogP contribution in [0.3, 0.4) is 0 Å². The number of aromatic amines is 1. The lowest BCUT2D eigenvalue weighted by atomic mass is 9.66. The van der Waals surface area contributed by atoms with E-state index in [1.807, 2.05) is 66.7 Å². The zero-order valence-corrected chi connectivity index (χ0v) is 22.2. The molecule has 0 aliphatic carbocycles. The predicted octanol–water partition coefficient (Wildman–Crippen LogP) is 3.94. The van der Waals surface area contributed by atoms with Crippen LogP contribution in [0.2, 0.25) is 0 Å². The molecule has 5 rings (SSSR count). The van der Waals surface area contributed by atoms with E-state index < -0.39 is 35.1 Å². The molecule has 0 saturated carbocycles. The monoisotopic (exact) mass is 528 g/mol. The van der Waals surface area contributed by atoms with Crippen molar-refractivity contribution in [1.82, 2.24) is 9.55 Å². The van der Waals surface area contributed by atoms with Gasteiger partial charge in [0.1, 0.15) is 17.7 Å². The van der Waals surface area contributed by atoms with E-state index in [0.717, 1.165) is 28.2 Å². The number of aliphatic hydroxyl groups is 1. The lowest BCUT2D eigenvalue weighted by molar-refractivity contribution is -0.0302. The van der Waals surface area contributed by atoms with Crippen LogP contribution in [0.15, 0.2) is 94.6 Å². The zero-order valence-electron chi connectivity index (χ0n) is 22.2. The SMILES string of the molecule is COc1ccc(C(C[C@H]2O[C@@H](n3cc(C)c(=O)[nH]c3=O)CC2O)(c2ccccc2)c2ccc(OC)cc2)cc1. The third kappa shape index (κ3) is 5.01. The molecule has 1 saturated heterocycles. The van der Waals surface area contributed by atoms with Crippen LogP contribution in [0.25, 0.3) is 0 Å². The summed E-state index contributed by atoms with van der Waals surface area (Å²) >= 11 is 0. The first-order chi connectivity index (χ1) is 18.8. The number of nitrogens with one attached hydrogen (secondary N) is 1. The molecule has 3 atom stereocenters. The third-order valence-electron chi connectivity index (χ3n) is 7.60. The number of rotatable bonds is 8. The lowest BCUT2D eigenvalue weighted by Crippen LogP contribution is -2.37. The first-order valence-corrected chi connectivity index (χ1v) is 12.9. The van der Waals surface area contributed by atoms with Gasteiger partial charge in [-0.05, 0) is 54.3 Å². The Morgan fingerprint density at radius 2 is 1.44 bits per heavy atom. The van der Waals surface area contributed by atoms with Crippen molar-refractivity contribution in [3.05, 3.63) is 128 Å². The van der Waals surface area contributed by atoms with Gasteiger partial charge >= 0.3 is 5.69 Å². The molecule has 4 aromatic rings. The maximum Gasteiger partial charge on any atom is 0.330 e. The van der Waals surface area contributed by atoms with Crippen LogP contribution in [-0.2, 0) is 10.2 Å². The number of nitrogens with zero attached hydrogens (tertiary/aromatic N) is 1. The van der Waals surface area contributed by atoms with E-state index in [-0.39, 0.29) is 6.42 Å². The number of methoxy groups -OCH3 is 2. The molecule has 0 radical (unpaired) electrons. The summed E-state index contributed by atoms with van der Waals surface area (Å²) in [6.07, 6.45) is -0.0740. The van der Waals surface area contributed by atoms with Gasteiger partial charge in [0.05, 0.1) is 26.4 Å². The highest BCUT2D eigenvalue weighted by atomic mass is 16.5. The Hall–Kier alpha value is -4.14. The van der Waals surface area contributed by atoms with Gasteiger partial charge in [0.25, 0.3) is 5.56 Å². The Morgan fingerprint density at radius 1 is 0.897 bits per heavy atom. The predicted molar refractivity (Wildman–Crippen MR) is 148 cm³/mol. The van der Waals surface area contributed by atoms with Crippen molar-refractivity contribution >= 4 is 0 Å². The van der Waals surface area contributed by atoms with Gasteiger partial charge in [-0.1, -0.05) is 54.6 Å². The number of hydrogen-bond donors (Lipinski definition) is 2. The molecule has 8 heteroatoms. The van der Waals surface area contributed by atoms with Crippen molar-refractivity contribution in [2.45, 2.75) is 43.6 Å². The molecule has 0 bridgehead atoms. The van der Waals surface area contributed by atoms with Crippen LogP contribution in [-0.4, -0.2) is 41.1 Å². The van der Waals surface area contributed by atoms with Crippen molar-refractivity contribution in [1.29, 1.82) is 0 Å². The minimum absolute atomic E-state index is 0.214. The molecule has 1 aliphatic rings. The lowest BCUT2D eigenvalue weighted by Gasteiger charge is -2.38. The summed E-state index contributed by atoms with van der Waals surface area (Å²) in [6, 6.07) is 25.9. The molecule has 1 fully saturated rings. The van der Waals surface area contributed by atoms with E-state index in [1.54, 1.807) is 21.1 Å². The molecule has 2 heterocycles. The van der Waals surface area contributed by atoms with Gasteiger partial charge in [0, 0.05) is 23.6 Å². The van der Waals surface area contributed by atoms with Gasteiger partial charge < -0.3 is 19.3 Å². The fraction of sp³-hybridized carbons (Fsp3) is 0.290. The number of ether oxygens (including phenoxy) is 3. The fourth-order valence-corrected chi connectivity index (χ4v) is 5.50. The molecule has 1 aliphatic heterocycles. The molecule has 1 unspecified atom stereocenters. The van der Waals surface area contributed by atoms with Gasteiger partial charge in [0.2, 0.25) is 0 Å². The normalized spacial score (nSPS) is 19.1. The van der Waals surface area contributed by atoms with Crippen LogP contribution in [0, 0.1) is 6.92 Å². The van der Waals surface area contributed by atoms with Crippen LogP contribution in [0.1, 0.15) is 41.3 Å². The Kier molecular flexibility index (Phi) is 7.41. The average molecular weight is 529 g/mol. The first kappa shape index (κ1) is 26.5. The molecule has 3 aromatic carbocycles. The average Bonchev–Trinajstić information content (AvgIpc) is 3.33. The topological polar surface area (TPSA) is 103 Å². The summed E-state index contributed by atoms with van der Waals surface area (Å²) in [5.41, 5.74) is 1.69. The van der Waals surface area contributed by atoms with Crippen LogP contribution in [0.4, 0.5) is 0 Å². The minimum atomic E-state index is -0.839. The maximum absolute atomic E-state index is 12.6. The summed E-state index contributed by atoms with van der Waals surface area (Å²) in [6.45, 7) is 1.63. The third-order valence-corrected chi connectivity index (χ3v) is 7.60. The van der Waals surface area contributed by atoms with E-state index in [0.29, 0.717) is 12.0 Å². The Morgan fingerprint density at radius 3 is 1.97 bits per heavy atom. The summed E-state index contributed by atoms with van der Waals surface area (Å²) in [5, 5.41) is 11.3. The van der Waals surface area contributed by atoms with Gasteiger partial charge in [-0.2, -0.15) is 0 Å².